The molecule has 140 valence electrons. The first-order valence-corrected chi connectivity index (χ1v) is 11.3. The molecule has 0 heterocycles. The Morgan fingerprint density at radius 1 is 0.607 bits per heavy atom. The number of hydrogen-bond acceptors (Lipinski definition) is 2. The molecule has 4 aromatic rings. The Morgan fingerprint density at radius 3 is 1.96 bits per heavy atom. The lowest BCUT2D eigenvalue weighted by molar-refractivity contribution is 0.111. The molecule has 0 saturated heterocycles. The van der Waals surface area contributed by atoms with Gasteiger partial charge in [-0.25, -0.2) is 0 Å². The van der Waals surface area contributed by atoms with Gasteiger partial charge in [-0.3, -0.25) is 9.59 Å². The van der Waals surface area contributed by atoms with Gasteiger partial charge in [0.15, 0.2) is 6.29 Å². The van der Waals surface area contributed by atoms with Gasteiger partial charge >= 0.3 is 0 Å². The van der Waals surface area contributed by atoms with Gasteiger partial charge in [0.25, 0.3) is 0 Å². The van der Waals surface area contributed by atoms with Crippen LogP contribution in [0.1, 0.15) is 20.7 Å². The Balaban J connectivity index is 0.000000161. The minimum atomic E-state index is 0.671. The molecule has 0 radical (unpaired) electrons. The Hall–Kier alpha value is -1.34. The fourth-order valence-corrected chi connectivity index (χ4v) is 5.31. The number of benzene rings is 4. The molecular weight excluding hydrogens is 616 g/mol. The lowest BCUT2D eigenvalue weighted by Crippen LogP contribution is -1.83. The minimum Gasteiger partial charge on any atom is -0.298 e. The molecule has 0 atom stereocenters. The first kappa shape index (κ1) is 21.4. The predicted octanol–water partition coefficient (Wildman–Crippen LogP) is 8.35. The van der Waals surface area contributed by atoms with Gasteiger partial charge < -0.3 is 0 Å². The van der Waals surface area contributed by atoms with Crippen LogP contribution in [0.5, 0.6) is 0 Å². The van der Waals surface area contributed by atoms with Crippen molar-refractivity contribution >= 4 is 97.8 Å². The van der Waals surface area contributed by atoms with Crippen LogP contribution in [0, 0.1) is 0 Å². The van der Waals surface area contributed by atoms with Crippen molar-refractivity contribution in [3.05, 3.63) is 89.7 Å². The van der Waals surface area contributed by atoms with E-state index < -0.39 is 0 Å². The lowest BCUT2D eigenvalue weighted by Gasteiger charge is -2.04. The molecule has 0 aromatic heterocycles. The van der Waals surface area contributed by atoms with Gasteiger partial charge in [0.05, 0.1) is 0 Å². The molecule has 0 N–H and O–H groups in total. The second-order valence-electron chi connectivity index (χ2n) is 5.91. The zero-order valence-electron chi connectivity index (χ0n) is 14.3. The van der Waals surface area contributed by atoms with Crippen molar-refractivity contribution in [2.24, 2.45) is 0 Å². The van der Waals surface area contributed by atoms with Crippen LogP contribution in [0.4, 0.5) is 0 Å². The summed E-state index contributed by atoms with van der Waals surface area (Å²) in [5.41, 5.74) is 1.35. The van der Waals surface area contributed by atoms with Gasteiger partial charge in [-0.2, -0.15) is 0 Å². The zero-order valence-corrected chi connectivity index (χ0v) is 20.6. The van der Waals surface area contributed by atoms with Crippen molar-refractivity contribution < 1.29 is 9.59 Å². The Bertz CT molecular complexity index is 1200. The Morgan fingerprint density at radius 2 is 1.29 bits per heavy atom. The quantitative estimate of drug-likeness (QED) is 0.209. The second kappa shape index (κ2) is 9.44. The van der Waals surface area contributed by atoms with E-state index in [0.717, 1.165) is 52.0 Å². The molecule has 4 aromatic carbocycles. The summed E-state index contributed by atoms with van der Waals surface area (Å²) in [6.45, 7) is 0. The molecule has 2 nitrogen and oxygen atoms in total. The zero-order chi connectivity index (χ0) is 20.3. The molecule has 0 spiro atoms. The van der Waals surface area contributed by atoms with E-state index in [2.05, 4.69) is 63.7 Å². The summed E-state index contributed by atoms with van der Waals surface area (Å²) in [6.07, 6.45) is 1.70. The van der Waals surface area contributed by atoms with E-state index >= 15 is 0 Å². The van der Waals surface area contributed by atoms with Crippen LogP contribution < -0.4 is 0 Å². The highest BCUT2D eigenvalue weighted by molar-refractivity contribution is 9.11. The molecule has 6 heteroatoms. The largest absolute Gasteiger partial charge is 0.298 e. The average molecular weight is 628 g/mol. The highest BCUT2D eigenvalue weighted by Crippen LogP contribution is 2.31. The summed E-state index contributed by atoms with van der Waals surface area (Å²) < 4.78 is 3.80. The maximum Gasteiger partial charge on any atom is 0.151 e. The summed E-state index contributed by atoms with van der Waals surface area (Å²) in [5.74, 6) is 0. The van der Waals surface area contributed by atoms with Crippen molar-refractivity contribution in [3.63, 3.8) is 0 Å². The Kier molecular flexibility index (Phi) is 7.20. The van der Waals surface area contributed by atoms with Gasteiger partial charge in [-0.1, -0.05) is 88.0 Å². The highest BCUT2D eigenvalue weighted by Gasteiger charge is 2.05. The van der Waals surface area contributed by atoms with Crippen LogP contribution in [-0.2, 0) is 0 Å². The highest BCUT2D eigenvalue weighted by atomic mass is 79.9. The van der Waals surface area contributed by atoms with Crippen LogP contribution in [0.25, 0.3) is 21.5 Å². The molecule has 0 aliphatic heterocycles. The van der Waals surface area contributed by atoms with E-state index in [1.165, 1.54) is 0 Å². The summed E-state index contributed by atoms with van der Waals surface area (Å²) >= 11 is 13.7. The fourth-order valence-electron chi connectivity index (χ4n) is 2.79. The molecule has 4 rings (SSSR count). The topological polar surface area (TPSA) is 34.1 Å². The molecule has 28 heavy (non-hydrogen) atoms. The first-order valence-electron chi connectivity index (χ1n) is 8.10. The number of aldehydes is 2. The number of carbonyl (C=O) groups is 2. The van der Waals surface area contributed by atoms with Gasteiger partial charge in [-0.15, -0.1) is 0 Å². The molecule has 0 aliphatic rings. The third kappa shape index (κ3) is 4.62. The number of halogens is 4. The van der Waals surface area contributed by atoms with E-state index in [-0.39, 0.29) is 0 Å². The van der Waals surface area contributed by atoms with Gasteiger partial charge in [0, 0.05) is 34.4 Å². The lowest BCUT2D eigenvalue weighted by atomic mass is 10.1. The van der Waals surface area contributed by atoms with Crippen LogP contribution >= 0.6 is 63.7 Å². The first-order chi connectivity index (χ1) is 13.4. The molecule has 0 fully saturated rings. The van der Waals surface area contributed by atoms with Crippen molar-refractivity contribution in [1.29, 1.82) is 0 Å². The number of fused-ring (bicyclic) bond motifs is 2. The molecule has 0 amide bonds. The molecule has 0 aliphatic carbocycles. The van der Waals surface area contributed by atoms with Gasteiger partial charge in [0.2, 0.25) is 0 Å². The normalized spacial score (nSPS) is 10.4. The van der Waals surface area contributed by atoms with Crippen molar-refractivity contribution in [3.8, 4) is 0 Å². The summed E-state index contributed by atoms with van der Waals surface area (Å²) in [6, 6.07) is 19.4. The monoisotopic (exact) mass is 624 g/mol. The molecule has 0 bridgehead atoms. The summed E-state index contributed by atoms with van der Waals surface area (Å²) in [4.78, 5) is 21.4. The standard InChI is InChI=1S/2C11H6Br2O/c12-9-3-1-2-8-4-7(6-14)5-10(13)11(8)9;12-10-3-1-2-7-5-11(13)8(6-14)4-9(7)10/h2*1-6H. The SMILES string of the molecule is O=Cc1cc(Br)c2c(Br)cccc2c1.O=Cc1cc2c(Br)cccc2cc1Br. The molecule has 0 unspecified atom stereocenters. The van der Waals surface area contributed by atoms with E-state index in [9.17, 15) is 9.59 Å². The maximum absolute atomic E-state index is 10.7. The van der Waals surface area contributed by atoms with E-state index in [1.807, 2.05) is 60.7 Å². The summed E-state index contributed by atoms with van der Waals surface area (Å²) in [7, 11) is 0. The number of rotatable bonds is 2. The van der Waals surface area contributed by atoms with E-state index in [0.29, 0.717) is 11.1 Å². The van der Waals surface area contributed by atoms with Crippen molar-refractivity contribution in [2.45, 2.75) is 0 Å². The number of hydrogen-bond donors (Lipinski definition) is 0. The second-order valence-corrected chi connectivity index (χ2v) is 9.33. The predicted molar refractivity (Wildman–Crippen MR) is 129 cm³/mol. The smallest absolute Gasteiger partial charge is 0.151 e. The molecular formula is C22H12Br4O2. The Labute approximate surface area is 195 Å². The van der Waals surface area contributed by atoms with E-state index in [1.54, 1.807) is 0 Å². The van der Waals surface area contributed by atoms with Crippen LogP contribution in [0.15, 0.2) is 78.6 Å². The third-order valence-corrected chi connectivity index (χ3v) is 6.77. The number of carbonyl (C=O) groups excluding carboxylic acids is 2. The van der Waals surface area contributed by atoms with Crippen LogP contribution in [0.2, 0.25) is 0 Å². The maximum atomic E-state index is 10.7. The molecule has 0 saturated carbocycles. The fraction of sp³-hybridized carbons (Fsp3) is 0. The minimum absolute atomic E-state index is 0.671. The van der Waals surface area contributed by atoms with E-state index in [4.69, 9.17) is 0 Å². The van der Waals surface area contributed by atoms with Crippen molar-refractivity contribution in [2.75, 3.05) is 0 Å². The van der Waals surface area contributed by atoms with Crippen LogP contribution in [-0.4, -0.2) is 12.6 Å². The average Bonchev–Trinajstić information content (AvgIpc) is 2.68. The van der Waals surface area contributed by atoms with Gasteiger partial charge in [0.1, 0.15) is 6.29 Å². The van der Waals surface area contributed by atoms with Crippen LogP contribution in [0.3, 0.4) is 0 Å². The third-order valence-electron chi connectivity index (χ3n) is 4.11. The summed E-state index contributed by atoms with van der Waals surface area (Å²) in [5, 5.41) is 4.31. The van der Waals surface area contributed by atoms with Crippen molar-refractivity contribution in [1.82, 2.24) is 0 Å². The van der Waals surface area contributed by atoms with Gasteiger partial charge in [-0.05, 0) is 52.6 Å².